The van der Waals surface area contributed by atoms with Gasteiger partial charge >= 0.3 is 0 Å². The van der Waals surface area contributed by atoms with Crippen LogP contribution >= 0.6 is 34.8 Å². The van der Waals surface area contributed by atoms with E-state index in [0.29, 0.717) is 38.9 Å². The van der Waals surface area contributed by atoms with Crippen molar-refractivity contribution >= 4 is 34.8 Å². The van der Waals surface area contributed by atoms with Crippen molar-refractivity contribution in [3.8, 4) is 17.2 Å². The van der Waals surface area contributed by atoms with E-state index in [1.165, 1.54) is 0 Å². The summed E-state index contributed by atoms with van der Waals surface area (Å²) in [4.78, 5) is 0. The molecule has 0 N–H and O–H groups in total. The lowest BCUT2D eigenvalue weighted by atomic mass is 9.93. The molecule has 2 aromatic rings. The minimum Gasteiger partial charge on any atom is -0.490 e. The highest BCUT2D eigenvalue weighted by Gasteiger charge is 2.13. The van der Waals surface area contributed by atoms with Crippen LogP contribution in [0.5, 0.6) is 17.2 Å². The summed E-state index contributed by atoms with van der Waals surface area (Å²) in [6.07, 6.45) is 0.917. The highest BCUT2D eigenvalue weighted by molar-refractivity contribution is 6.35. The van der Waals surface area contributed by atoms with Crippen molar-refractivity contribution in [1.82, 2.24) is 0 Å². The van der Waals surface area contributed by atoms with E-state index in [4.69, 9.17) is 44.3 Å². The van der Waals surface area contributed by atoms with Gasteiger partial charge < -0.3 is 9.47 Å². The van der Waals surface area contributed by atoms with Gasteiger partial charge in [-0.3, -0.25) is 0 Å². The molecule has 2 rings (SSSR count). The molecule has 0 saturated heterocycles. The van der Waals surface area contributed by atoms with Crippen LogP contribution in [0.25, 0.3) is 0 Å². The van der Waals surface area contributed by atoms with Crippen LogP contribution in [0.3, 0.4) is 0 Å². The second-order valence-electron chi connectivity index (χ2n) is 6.43. The predicted octanol–water partition coefficient (Wildman–Crippen LogP) is 7.25. The zero-order chi connectivity index (χ0) is 17.0. The van der Waals surface area contributed by atoms with E-state index >= 15 is 0 Å². The van der Waals surface area contributed by atoms with Crippen LogP contribution in [0.1, 0.15) is 27.2 Å². The first-order valence-corrected chi connectivity index (χ1v) is 8.43. The summed E-state index contributed by atoms with van der Waals surface area (Å²) in [6, 6.07) is 10.3. The van der Waals surface area contributed by atoms with E-state index in [1.54, 1.807) is 36.4 Å². The molecule has 0 amide bonds. The molecule has 2 aromatic carbocycles. The van der Waals surface area contributed by atoms with Gasteiger partial charge in [0.2, 0.25) is 0 Å². The number of hydrogen-bond acceptors (Lipinski definition) is 2. The number of rotatable bonds is 5. The molecule has 5 heteroatoms. The summed E-state index contributed by atoms with van der Waals surface area (Å²) in [5.41, 5.74) is 0.194. The van der Waals surface area contributed by atoms with Crippen LogP contribution in [0, 0.1) is 5.41 Å². The maximum Gasteiger partial charge on any atom is 0.169 e. The Morgan fingerprint density at radius 2 is 1.43 bits per heavy atom. The van der Waals surface area contributed by atoms with Crippen LogP contribution in [-0.4, -0.2) is 6.61 Å². The van der Waals surface area contributed by atoms with Crippen molar-refractivity contribution in [3.05, 3.63) is 51.5 Å². The number of ether oxygens (including phenoxy) is 2. The predicted molar refractivity (Wildman–Crippen MR) is 97.6 cm³/mol. The summed E-state index contributed by atoms with van der Waals surface area (Å²) in [7, 11) is 0. The fourth-order valence-corrected chi connectivity index (χ4v) is 2.43. The van der Waals surface area contributed by atoms with Gasteiger partial charge in [-0.1, -0.05) is 55.6 Å². The van der Waals surface area contributed by atoms with Gasteiger partial charge in [0.15, 0.2) is 11.5 Å². The topological polar surface area (TPSA) is 18.5 Å². The van der Waals surface area contributed by atoms with E-state index in [0.717, 1.165) is 6.42 Å². The van der Waals surface area contributed by atoms with Crippen LogP contribution in [0.2, 0.25) is 15.1 Å². The molecule has 0 unspecified atom stereocenters. The van der Waals surface area contributed by atoms with E-state index < -0.39 is 0 Å². The van der Waals surface area contributed by atoms with E-state index in [9.17, 15) is 0 Å². The standard InChI is InChI=1S/C18H19Cl3O2/c1-18(2,3)8-9-22-17-11-13(20)5-7-16(17)23-15-6-4-12(19)10-14(15)21/h4-7,10-11H,8-9H2,1-3H3. The molecule has 0 aliphatic heterocycles. The molecule has 0 fully saturated rings. The molecular weight excluding hydrogens is 355 g/mol. The normalized spacial score (nSPS) is 11.4. The third-order valence-electron chi connectivity index (χ3n) is 3.13. The van der Waals surface area contributed by atoms with Gasteiger partial charge in [-0.05, 0) is 42.2 Å². The van der Waals surface area contributed by atoms with Crippen LogP contribution in [-0.2, 0) is 0 Å². The molecule has 0 atom stereocenters. The van der Waals surface area contributed by atoms with E-state index in [1.807, 2.05) is 0 Å². The molecule has 0 spiro atoms. The molecule has 0 aliphatic rings. The van der Waals surface area contributed by atoms with Crippen LogP contribution < -0.4 is 9.47 Å². The van der Waals surface area contributed by atoms with Gasteiger partial charge in [0.05, 0.1) is 11.6 Å². The SMILES string of the molecule is CC(C)(C)CCOc1cc(Cl)ccc1Oc1ccc(Cl)cc1Cl. The van der Waals surface area contributed by atoms with Gasteiger partial charge in [0, 0.05) is 16.1 Å². The Balaban J connectivity index is 2.17. The van der Waals surface area contributed by atoms with E-state index in [2.05, 4.69) is 20.8 Å². The molecule has 0 saturated carbocycles. The van der Waals surface area contributed by atoms with Crippen molar-refractivity contribution in [2.24, 2.45) is 5.41 Å². The largest absolute Gasteiger partial charge is 0.490 e. The summed E-state index contributed by atoms with van der Waals surface area (Å²) < 4.78 is 11.7. The highest BCUT2D eigenvalue weighted by Crippen LogP contribution is 2.37. The minimum absolute atomic E-state index is 0.194. The Bertz CT molecular complexity index is 678. The molecule has 0 aromatic heterocycles. The first-order chi connectivity index (χ1) is 10.7. The van der Waals surface area contributed by atoms with Crippen molar-refractivity contribution in [1.29, 1.82) is 0 Å². The summed E-state index contributed by atoms with van der Waals surface area (Å²) >= 11 is 18.1. The van der Waals surface area contributed by atoms with Crippen molar-refractivity contribution in [3.63, 3.8) is 0 Å². The monoisotopic (exact) mass is 372 g/mol. The lowest BCUT2D eigenvalue weighted by Crippen LogP contribution is -2.11. The third kappa shape index (κ3) is 5.80. The molecule has 0 radical (unpaired) electrons. The van der Waals surface area contributed by atoms with Gasteiger partial charge in [-0.2, -0.15) is 0 Å². The molecule has 2 nitrogen and oxygen atoms in total. The van der Waals surface area contributed by atoms with Gasteiger partial charge in [0.1, 0.15) is 5.75 Å². The Kier molecular flexibility index (Phi) is 6.07. The van der Waals surface area contributed by atoms with Crippen molar-refractivity contribution in [2.75, 3.05) is 6.61 Å². The van der Waals surface area contributed by atoms with Crippen molar-refractivity contribution < 1.29 is 9.47 Å². The second-order valence-corrected chi connectivity index (χ2v) is 7.71. The zero-order valence-corrected chi connectivity index (χ0v) is 15.6. The number of benzene rings is 2. The molecule has 0 heterocycles. The smallest absolute Gasteiger partial charge is 0.169 e. The van der Waals surface area contributed by atoms with Gasteiger partial charge in [-0.25, -0.2) is 0 Å². The van der Waals surface area contributed by atoms with Crippen LogP contribution in [0.15, 0.2) is 36.4 Å². The van der Waals surface area contributed by atoms with Crippen LogP contribution in [0.4, 0.5) is 0 Å². The number of hydrogen-bond donors (Lipinski definition) is 0. The molecule has 0 bridgehead atoms. The fourth-order valence-electron chi connectivity index (χ4n) is 1.82. The molecular formula is C18H19Cl3O2. The van der Waals surface area contributed by atoms with Gasteiger partial charge in [-0.15, -0.1) is 0 Å². The Labute approximate surface area is 152 Å². The maximum atomic E-state index is 6.15. The average Bonchev–Trinajstić information content (AvgIpc) is 2.43. The minimum atomic E-state index is 0.194. The lowest BCUT2D eigenvalue weighted by Gasteiger charge is -2.19. The maximum absolute atomic E-state index is 6.15. The molecule has 0 aliphatic carbocycles. The first-order valence-electron chi connectivity index (χ1n) is 7.30. The zero-order valence-electron chi connectivity index (χ0n) is 13.3. The quantitative estimate of drug-likeness (QED) is 0.549. The summed E-state index contributed by atoms with van der Waals surface area (Å²) in [6.45, 7) is 7.08. The van der Waals surface area contributed by atoms with Gasteiger partial charge in [0.25, 0.3) is 0 Å². The summed E-state index contributed by atoms with van der Waals surface area (Å²) in [5.74, 6) is 1.67. The molecule has 23 heavy (non-hydrogen) atoms. The summed E-state index contributed by atoms with van der Waals surface area (Å²) in [5, 5.41) is 1.58. The van der Waals surface area contributed by atoms with E-state index in [-0.39, 0.29) is 5.41 Å². The Hall–Kier alpha value is -1.09. The second kappa shape index (κ2) is 7.65. The first kappa shape index (κ1) is 18.3. The average molecular weight is 374 g/mol. The Morgan fingerprint density at radius 1 is 0.826 bits per heavy atom. The lowest BCUT2D eigenvalue weighted by molar-refractivity contribution is 0.237. The number of halogens is 3. The Morgan fingerprint density at radius 3 is 2.04 bits per heavy atom. The van der Waals surface area contributed by atoms with Crippen molar-refractivity contribution in [2.45, 2.75) is 27.2 Å². The highest BCUT2D eigenvalue weighted by atomic mass is 35.5. The molecule has 124 valence electrons. The fraction of sp³-hybridized carbons (Fsp3) is 0.333. The third-order valence-corrected chi connectivity index (χ3v) is 3.89.